The van der Waals surface area contributed by atoms with Gasteiger partial charge in [-0.3, -0.25) is 19.7 Å². The van der Waals surface area contributed by atoms with Gasteiger partial charge in [0.2, 0.25) is 5.91 Å². The summed E-state index contributed by atoms with van der Waals surface area (Å²) in [7, 11) is 0. The molecule has 2 amide bonds. The number of nitro groups is 1. The van der Waals surface area contributed by atoms with Gasteiger partial charge in [-0.2, -0.15) is 0 Å². The number of hydrogen-bond acceptors (Lipinski definition) is 5. The Kier molecular flexibility index (Phi) is 5.99. The van der Waals surface area contributed by atoms with Crippen LogP contribution in [0, 0.1) is 10.1 Å². The first-order chi connectivity index (χ1) is 15.0. The summed E-state index contributed by atoms with van der Waals surface area (Å²) < 4.78 is 0. The monoisotopic (exact) mass is 433 g/mol. The molecule has 3 aromatic carbocycles. The molecule has 0 saturated heterocycles. The molecule has 156 valence electrons. The molecule has 0 atom stereocenters. The van der Waals surface area contributed by atoms with Gasteiger partial charge >= 0.3 is 0 Å². The number of anilines is 2. The molecule has 1 N–H and O–H groups in total. The van der Waals surface area contributed by atoms with Crippen LogP contribution < -0.4 is 10.2 Å². The van der Waals surface area contributed by atoms with Crippen LogP contribution in [0.5, 0.6) is 0 Å². The minimum absolute atomic E-state index is 0.0676. The van der Waals surface area contributed by atoms with Crippen LogP contribution in [-0.4, -0.2) is 29.0 Å². The fourth-order valence-electron chi connectivity index (χ4n) is 3.42. The Labute approximate surface area is 183 Å². The van der Waals surface area contributed by atoms with E-state index in [9.17, 15) is 19.7 Å². The van der Waals surface area contributed by atoms with Crippen molar-refractivity contribution in [2.24, 2.45) is 0 Å². The molecular weight excluding hydrogens is 414 g/mol. The van der Waals surface area contributed by atoms with E-state index in [-0.39, 0.29) is 17.2 Å². The Balaban J connectivity index is 1.33. The van der Waals surface area contributed by atoms with Crippen molar-refractivity contribution in [2.45, 2.75) is 11.3 Å². The number of thioether (sulfide) groups is 1. The zero-order valence-electron chi connectivity index (χ0n) is 16.5. The van der Waals surface area contributed by atoms with Gasteiger partial charge < -0.3 is 10.2 Å². The molecule has 0 bridgehead atoms. The van der Waals surface area contributed by atoms with E-state index in [1.165, 1.54) is 41.6 Å². The van der Waals surface area contributed by atoms with Gasteiger partial charge in [0.05, 0.1) is 10.7 Å². The third kappa shape index (κ3) is 4.75. The van der Waals surface area contributed by atoms with Crippen molar-refractivity contribution in [2.75, 3.05) is 22.5 Å². The lowest BCUT2D eigenvalue weighted by Crippen LogP contribution is -2.30. The number of nitro benzene ring substituents is 1. The molecule has 3 aromatic rings. The predicted octanol–water partition coefficient (Wildman–Crippen LogP) is 4.53. The molecule has 0 aromatic heterocycles. The van der Waals surface area contributed by atoms with Crippen LogP contribution in [0.2, 0.25) is 0 Å². The topological polar surface area (TPSA) is 92.6 Å². The number of non-ortho nitro benzene ring substituents is 1. The predicted molar refractivity (Wildman–Crippen MR) is 121 cm³/mol. The molecule has 7 nitrogen and oxygen atoms in total. The summed E-state index contributed by atoms with van der Waals surface area (Å²) in [5.41, 5.74) is 2.84. The van der Waals surface area contributed by atoms with Crippen molar-refractivity contribution in [3.63, 3.8) is 0 Å². The van der Waals surface area contributed by atoms with Crippen LogP contribution in [0.15, 0.2) is 77.7 Å². The second-order valence-corrected chi connectivity index (χ2v) is 8.05. The maximum Gasteiger partial charge on any atom is 0.270 e. The maximum atomic E-state index is 12.6. The molecule has 0 spiro atoms. The minimum atomic E-state index is -0.537. The molecule has 1 aliphatic rings. The van der Waals surface area contributed by atoms with Gasteiger partial charge in [-0.25, -0.2) is 0 Å². The average molecular weight is 433 g/mol. The van der Waals surface area contributed by atoms with E-state index < -0.39 is 10.8 Å². The van der Waals surface area contributed by atoms with Crippen LogP contribution in [0.1, 0.15) is 15.9 Å². The number of carbonyl (C=O) groups is 2. The lowest BCUT2D eigenvalue weighted by molar-refractivity contribution is -0.384. The smallest absolute Gasteiger partial charge is 0.270 e. The van der Waals surface area contributed by atoms with Crippen LogP contribution in [0.4, 0.5) is 17.1 Å². The Hall–Kier alpha value is -3.65. The molecule has 0 radical (unpaired) electrons. The highest BCUT2D eigenvalue weighted by molar-refractivity contribution is 8.00. The first kappa shape index (κ1) is 20.6. The molecule has 0 fully saturated rings. The number of para-hydroxylation sites is 1. The van der Waals surface area contributed by atoms with Crippen molar-refractivity contribution in [3.8, 4) is 0 Å². The summed E-state index contributed by atoms with van der Waals surface area (Å²) >= 11 is 1.44. The molecule has 0 aliphatic carbocycles. The molecule has 1 aliphatic heterocycles. The fraction of sp³-hybridized carbons (Fsp3) is 0.130. The van der Waals surface area contributed by atoms with Gasteiger partial charge in [-0.1, -0.05) is 24.3 Å². The van der Waals surface area contributed by atoms with Crippen LogP contribution in [0.25, 0.3) is 0 Å². The molecule has 0 unspecified atom stereocenters. The highest BCUT2D eigenvalue weighted by Gasteiger charge is 2.23. The summed E-state index contributed by atoms with van der Waals surface area (Å²) in [5.74, 6) is -0.0294. The molecule has 1 heterocycles. The molecule has 8 heteroatoms. The normalized spacial score (nSPS) is 12.3. The van der Waals surface area contributed by atoms with Crippen molar-refractivity contribution in [1.29, 1.82) is 0 Å². The first-order valence-electron chi connectivity index (χ1n) is 9.68. The number of carbonyl (C=O) groups excluding carboxylic acids is 2. The Morgan fingerprint density at radius 1 is 1.03 bits per heavy atom. The summed E-state index contributed by atoms with van der Waals surface area (Å²) in [4.78, 5) is 38.0. The number of nitrogens with one attached hydrogen (secondary N) is 1. The minimum Gasteiger partial charge on any atom is -0.322 e. The lowest BCUT2D eigenvalue weighted by atomic mass is 10.2. The number of rotatable bonds is 6. The Morgan fingerprint density at radius 3 is 2.58 bits per heavy atom. The first-order valence-corrected chi connectivity index (χ1v) is 10.7. The van der Waals surface area contributed by atoms with E-state index in [1.54, 1.807) is 12.1 Å². The maximum absolute atomic E-state index is 12.6. The van der Waals surface area contributed by atoms with E-state index in [0.717, 1.165) is 17.0 Å². The summed E-state index contributed by atoms with van der Waals surface area (Å²) in [5, 5.41) is 13.6. The third-order valence-electron chi connectivity index (χ3n) is 4.98. The van der Waals surface area contributed by atoms with Crippen LogP contribution in [0.3, 0.4) is 0 Å². The van der Waals surface area contributed by atoms with Crippen molar-refractivity contribution in [1.82, 2.24) is 0 Å². The van der Waals surface area contributed by atoms with Gasteiger partial charge in [-0.05, 0) is 48.4 Å². The number of fused-ring (bicyclic) bond motifs is 1. The van der Waals surface area contributed by atoms with Crippen molar-refractivity contribution in [3.05, 3.63) is 94.0 Å². The van der Waals surface area contributed by atoms with Crippen molar-refractivity contribution >= 4 is 40.6 Å². The zero-order chi connectivity index (χ0) is 21.8. The van der Waals surface area contributed by atoms with Crippen LogP contribution >= 0.6 is 11.8 Å². The van der Waals surface area contributed by atoms with Gasteiger partial charge in [0.15, 0.2) is 0 Å². The molecule has 4 rings (SSSR count). The molecular formula is C23H19N3O4S. The standard InChI is InChI=1S/C23H19N3O4S/c27-22(25-13-12-16-4-1-2-7-21(16)25)15-31-20-10-8-18(9-11-20)24-23(28)17-5-3-6-19(14-17)26(29)30/h1-11,14H,12-13,15H2,(H,24,28). The van der Waals surface area contributed by atoms with Gasteiger partial charge in [0, 0.05) is 40.5 Å². The number of benzene rings is 3. The second kappa shape index (κ2) is 9.01. The molecule has 31 heavy (non-hydrogen) atoms. The average Bonchev–Trinajstić information content (AvgIpc) is 3.23. The van der Waals surface area contributed by atoms with E-state index in [4.69, 9.17) is 0 Å². The number of amides is 2. The SMILES string of the molecule is O=C(Nc1ccc(SCC(=O)N2CCc3ccccc32)cc1)c1cccc([N+](=O)[O-])c1. The fourth-order valence-corrected chi connectivity index (χ4v) is 4.19. The number of nitrogens with zero attached hydrogens (tertiary/aromatic N) is 2. The van der Waals surface area contributed by atoms with E-state index in [0.29, 0.717) is 18.0 Å². The highest BCUT2D eigenvalue weighted by atomic mass is 32.2. The third-order valence-corrected chi connectivity index (χ3v) is 5.98. The van der Waals surface area contributed by atoms with Gasteiger partial charge in [0.1, 0.15) is 0 Å². The second-order valence-electron chi connectivity index (χ2n) is 7.00. The summed E-state index contributed by atoms with van der Waals surface area (Å²) in [6.45, 7) is 0.710. The van der Waals surface area contributed by atoms with Crippen LogP contribution in [-0.2, 0) is 11.2 Å². The van der Waals surface area contributed by atoms with Gasteiger partial charge in [-0.15, -0.1) is 11.8 Å². The Bertz CT molecular complexity index is 1150. The zero-order valence-corrected chi connectivity index (χ0v) is 17.3. The quantitative estimate of drug-likeness (QED) is 0.350. The van der Waals surface area contributed by atoms with E-state index in [1.807, 2.05) is 35.2 Å². The largest absolute Gasteiger partial charge is 0.322 e. The highest BCUT2D eigenvalue weighted by Crippen LogP contribution is 2.29. The van der Waals surface area contributed by atoms with E-state index in [2.05, 4.69) is 11.4 Å². The number of hydrogen-bond donors (Lipinski definition) is 1. The lowest BCUT2D eigenvalue weighted by Gasteiger charge is -2.17. The van der Waals surface area contributed by atoms with E-state index >= 15 is 0 Å². The summed E-state index contributed by atoms with van der Waals surface area (Å²) in [6, 6.07) is 20.7. The van der Waals surface area contributed by atoms with Crippen molar-refractivity contribution < 1.29 is 14.5 Å². The Morgan fingerprint density at radius 2 is 1.81 bits per heavy atom. The molecule has 0 saturated carbocycles. The summed E-state index contributed by atoms with van der Waals surface area (Å²) in [6.07, 6.45) is 0.881. The van der Waals surface area contributed by atoms with Gasteiger partial charge in [0.25, 0.3) is 11.6 Å².